The fraction of sp³-hybridized carbons (Fsp3) is 0.200. The number of likely N-dealkylation sites (N-methyl/N-ethyl adjacent to an activating group) is 1. The van der Waals surface area contributed by atoms with Gasteiger partial charge in [-0.15, -0.1) is 0 Å². The molecule has 2 aromatic carbocycles. The van der Waals surface area contributed by atoms with Crippen LogP contribution in [0.5, 0.6) is 5.75 Å². The van der Waals surface area contributed by atoms with E-state index < -0.39 is 5.91 Å². The van der Waals surface area contributed by atoms with Gasteiger partial charge in [-0.3, -0.25) is 14.4 Å². The summed E-state index contributed by atoms with van der Waals surface area (Å²) in [5.41, 5.74) is 0.437. The monoisotopic (exact) mass is 380 g/mol. The van der Waals surface area contributed by atoms with Crippen LogP contribution >= 0.6 is 0 Å². The van der Waals surface area contributed by atoms with E-state index >= 15 is 0 Å². The van der Waals surface area contributed by atoms with Crippen molar-refractivity contribution in [3.05, 3.63) is 64.6 Å². The summed E-state index contributed by atoms with van der Waals surface area (Å²) in [5, 5.41) is 7.79. The molecule has 0 bridgehead atoms. The third kappa shape index (κ3) is 4.01. The lowest BCUT2D eigenvalue weighted by Crippen LogP contribution is -2.27. The summed E-state index contributed by atoms with van der Waals surface area (Å²) in [6.07, 6.45) is 0. The first-order valence-electron chi connectivity index (χ1n) is 8.57. The second-order valence-corrected chi connectivity index (χ2v) is 6.38. The Morgan fingerprint density at radius 3 is 2.36 bits per heavy atom. The molecular formula is C20H20N4O4. The van der Waals surface area contributed by atoms with E-state index in [1.165, 1.54) is 11.9 Å². The van der Waals surface area contributed by atoms with Gasteiger partial charge >= 0.3 is 0 Å². The molecule has 0 saturated carbocycles. The number of rotatable bonds is 5. The van der Waals surface area contributed by atoms with Crippen molar-refractivity contribution in [1.29, 1.82) is 0 Å². The van der Waals surface area contributed by atoms with Crippen molar-refractivity contribution >= 4 is 28.3 Å². The lowest BCUT2D eigenvalue weighted by atomic mass is 10.1. The van der Waals surface area contributed by atoms with Crippen LogP contribution in [-0.2, 0) is 11.8 Å². The predicted octanol–water partition coefficient (Wildman–Crippen LogP) is 1.65. The van der Waals surface area contributed by atoms with Crippen molar-refractivity contribution < 1.29 is 14.3 Å². The molecule has 0 fully saturated rings. The highest BCUT2D eigenvalue weighted by Gasteiger charge is 2.15. The number of carbonyl (C=O) groups is 2. The minimum Gasteiger partial charge on any atom is -0.484 e. The number of aryl methyl sites for hydroxylation is 1. The second-order valence-electron chi connectivity index (χ2n) is 6.38. The number of benzene rings is 2. The molecule has 1 N–H and O–H groups in total. The normalized spacial score (nSPS) is 10.5. The Morgan fingerprint density at radius 2 is 1.71 bits per heavy atom. The number of carbonyl (C=O) groups excluding carboxylic acids is 2. The molecule has 144 valence electrons. The van der Waals surface area contributed by atoms with E-state index in [0.717, 1.165) is 4.68 Å². The van der Waals surface area contributed by atoms with Crippen LogP contribution in [0, 0.1) is 0 Å². The van der Waals surface area contributed by atoms with E-state index in [1.807, 2.05) is 0 Å². The van der Waals surface area contributed by atoms with Gasteiger partial charge in [-0.05, 0) is 30.3 Å². The Kier molecular flexibility index (Phi) is 5.39. The average molecular weight is 380 g/mol. The van der Waals surface area contributed by atoms with E-state index in [-0.39, 0.29) is 23.8 Å². The van der Waals surface area contributed by atoms with E-state index in [1.54, 1.807) is 62.6 Å². The quantitative estimate of drug-likeness (QED) is 0.726. The van der Waals surface area contributed by atoms with Crippen LogP contribution < -0.4 is 15.6 Å². The van der Waals surface area contributed by atoms with E-state index in [4.69, 9.17) is 4.74 Å². The maximum atomic E-state index is 12.7. The molecule has 0 unspecified atom stereocenters. The standard InChI is InChI=1S/C20H20N4O4/c1-23(2)17(25)12-28-14-10-8-13(9-11-14)21-19(26)18-15-6-4-5-7-16(15)20(27)24(3)22-18/h4-11H,12H2,1-3H3,(H,21,26). The Morgan fingerprint density at radius 1 is 1.07 bits per heavy atom. The zero-order valence-corrected chi connectivity index (χ0v) is 15.8. The molecule has 0 atom stereocenters. The number of ether oxygens (including phenoxy) is 1. The van der Waals surface area contributed by atoms with E-state index in [0.29, 0.717) is 22.2 Å². The highest BCUT2D eigenvalue weighted by Crippen LogP contribution is 2.18. The van der Waals surface area contributed by atoms with Crippen LogP contribution in [-0.4, -0.2) is 47.2 Å². The molecule has 0 saturated heterocycles. The number of hydrogen-bond donors (Lipinski definition) is 1. The smallest absolute Gasteiger partial charge is 0.276 e. The first kappa shape index (κ1) is 19.1. The number of fused-ring (bicyclic) bond motifs is 1. The zero-order valence-electron chi connectivity index (χ0n) is 15.8. The lowest BCUT2D eigenvalue weighted by Gasteiger charge is -2.12. The minimum absolute atomic E-state index is 0.0628. The Balaban J connectivity index is 1.77. The Hall–Kier alpha value is -3.68. The Bertz CT molecular complexity index is 1090. The summed E-state index contributed by atoms with van der Waals surface area (Å²) in [6, 6.07) is 13.5. The summed E-state index contributed by atoms with van der Waals surface area (Å²) in [6.45, 7) is -0.0628. The van der Waals surface area contributed by atoms with Gasteiger partial charge in [0.15, 0.2) is 12.3 Å². The third-order valence-electron chi connectivity index (χ3n) is 4.14. The lowest BCUT2D eigenvalue weighted by molar-refractivity contribution is -0.130. The van der Waals surface area contributed by atoms with E-state index in [9.17, 15) is 14.4 Å². The molecular weight excluding hydrogens is 360 g/mol. The SMILES string of the molecule is CN(C)C(=O)COc1ccc(NC(=O)c2nn(C)c(=O)c3ccccc23)cc1. The Labute approximate surface area is 161 Å². The molecule has 1 aromatic heterocycles. The second kappa shape index (κ2) is 7.91. The highest BCUT2D eigenvalue weighted by atomic mass is 16.5. The number of nitrogens with one attached hydrogen (secondary N) is 1. The van der Waals surface area contributed by atoms with Gasteiger partial charge in [0, 0.05) is 32.2 Å². The molecule has 1 heterocycles. The van der Waals surface area contributed by atoms with Crippen LogP contribution in [0.15, 0.2) is 53.3 Å². The molecule has 8 heteroatoms. The summed E-state index contributed by atoms with van der Waals surface area (Å²) in [7, 11) is 4.82. The topological polar surface area (TPSA) is 93.5 Å². The molecule has 28 heavy (non-hydrogen) atoms. The van der Waals surface area contributed by atoms with Gasteiger partial charge in [0.25, 0.3) is 17.4 Å². The highest BCUT2D eigenvalue weighted by molar-refractivity contribution is 6.11. The maximum Gasteiger partial charge on any atom is 0.276 e. The molecule has 0 spiro atoms. The summed E-state index contributed by atoms with van der Waals surface area (Å²) in [4.78, 5) is 37.9. The van der Waals surface area contributed by atoms with Crippen LogP contribution in [0.25, 0.3) is 10.8 Å². The molecule has 2 amide bonds. The number of nitrogens with zero attached hydrogens (tertiary/aromatic N) is 3. The van der Waals surface area contributed by atoms with Gasteiger partial charge in [-0.2, -0.15) is 5.10 Å². The molecule has 3 aromatic rings. The fourth-order valence-corrected chi connectivity index (χ4v) is 2.57. The zero-order chi connectivity index (χ0) is 20.3. The molecule has 0 radical (unpaired) electrons. The largest absolute Gasteiger partial charge is 0.484 e. The molecule has 0 aliphatic carbocycles. The maximum absolute atomic E-state index is 12.7. The van der Waals surface area contributed by atoms with Crippen LogP contribution in [0.1, 0.15) is 10.5 Å². The van der Waals surface area contributed by atoms with Gasteiger partial charge < -0.3 is 15.0 Å². The number of hydrogen-bond acceptors (Lipinski definition) is 5. The van der Waals surface area contributed by atoms with Gasteiger partial charge in [0.1, 0.15) is 5.75 Å². The van der Waals surface area contributed by atoms with Gasteiger partial charge in [0.05, 0.1) is 5.39 Å². The van der Waals surface area contributed by atoms with E-state index in [2.05, 4.69) is 10.4 Å². The van der Waals surface area contributed by atoms with Gasteiger partial charge in [0.2, 0.25) is 0 Å². The van der Waals surface area contributed by atoms with Crippen molar-refractivity contribution in [2.24, 2.45) is 7.05 Å². The van der Waals surface area contributed by atoms with Crippen LogP contribution in [0.2, 0.25) is 0 Å². The van der Waals surface area contributed by atoms with Crippen molar-refractivity contribution in [1.82, 2.24) is 14.7 Å². The summed E-state index contributed by atoms with van der Waals surface area (Å²) >= 11 is 0. The van der Waals surface area contributed by atoms with Gasteiger partial charge in [-0.25, -0.2) is 4.68 Å². The first-order chi connectivity index (χ1) is 13.4. The molecule has 0 aliphatic rings. The van der Waals surface area contributed by atoms with Gasteiger partial charge in [-0.1, -0.05) is 18.2 Å². The number of anilines is 1. The molecule has 0 aliphatic heterocycles. The van der Waals surface area contributed by atoms with Crippen molar-refractivity contribution in [2.75, 3.05) is 26.0 Å². The number of aromatic nitrogens is 2. The van der Waals surface area contributed by atoms with Crippen LogP contribution in [0.3, 0.4) is 0 Å². The third-order valence-corrected chi connectivity index (χ3v) is 4.14. The van der Waals surface area contributed by atoms with Crippen molar-refractivity contribution in [2.45, 2.75) is 0 Å². The molecule has 3 rings (SSSR count). The minimum atomic E-state index is -0.428. The predicted molar refractivity (Wildman–Crippen MR) is 106 cm³/mol. The number of amides is 2. The van der Waals surface area contributed by atoms with Crippen LogP contribution in [0.4, 0.5) is 5.69 Å². The van der Waals surface area contributed by atoms with Crippen molar-refractivity contribution in [3.8, 4) is 5.75 Å². The summed E-state index contributed by atoms with van der Waals surface area (Å²) < 4.78 is 6.55. The average Bonchev–Trinajstić information content (AvgIpc) is 2.69. The first-order valence-corrected chi connectivity index (χ1v) is 8.57. The summed E-state index contributed by atoms with van der Waals surface area (Å²) in [5.74, 6) is -0.0628. The molecule has 8 nitrogen and oxygen atoms in total. The van der Waals surface area contributed by atoms with Crippen molar-refractivity contribution in [3.63, 3.8) is 0 Å². The fourth-order valence-electron chi connectivity index (χ4n) is 2.57.